The molecule has 0 aliphatic heterocycles. The quantitative estimate of drug-likeness (QED) is 0.593. The molecular formula is C17H22F3N5S. The van der Waals surface area contributed by atoms with Crippen molar-refractivity contribution >= 4 is 17.3 Å². The predicted octanol–water partition coefficient (Wildman–Crippen LogP) is 3.09. The van der Waals surface area contributed by atoms with E-state index in [9.17, 15) is 13.2 Å². The van der Waals surface area contributed by atoms with Gasteiger partial charge in [-0.05, 0) is 25.2 Å². The Kier molecular flexibility index (Phi) is 6.98. The molecule has 26 heavy (non-hydrogen) atoms. The van der Waals surface area contributed by atoms with Crippen molar-refractivity contribution in [2.45, 2.75) is 25.8 Å². The molecule has 0 saturated heterocycles. The van der Waals surface area contributed by atoms with Crippen LogP contribution in [0, 0.1) is 0 Å². The summed E-state index contributed by atoms with van der Waals surface area (Å²) < 4.78 is 37.7. The van der Waals surface area contributed by atoms with Crippen LogP contribution in [0.3, 0.4) is 0 Å². The van der Waals surface area contributed by atoms with Crippen molar-refractivity contribution in [1.82, 2.24) is 20.5 Å². The number of alkyl halides is 3. The number of hydrogen-bond acceptors (Lipinski definition) is 4. The second-order valence-corrected chi connectivity index (χ2v) is 6.90. The minimum atomic E-state index is -4.41. The van der Waals surface area contributed by atoms with Gasteiger partial charge in [0.2, 0.25) is 0 Å². The van der Waals surface area contributed by atoms with Gasteiger partial charge in [-0.25, -0.2) is 4.98 Å². The number of rotatable bonds is 6. The van der Waals surface area contributed by atoms with Gasteiger partial charge < -0.3 is 15.5 Å². The van der Waals surface area contributed by atoms with Crippen LogP contribution in [-0.4, -0.2) is 37.0 Å². The second kappa shape index (κ2) is 9.00. The summed E-state index contributed by atoms with van der Waals surface area (Å²) in [6.07, 6.45) is -4.41. The molecule has 0 fully saturated rings. The maximum Gasteiger partial charge on any atom is 0.434 e. The predicted molar refractivity (Wildman–Crippen MR) is 98.0 cm³/mol. The molecule has 0 unspecified atom stereocenters. The summed E-state index contributed by atoms with van der Waals surface area (Å²) in [5, 5.41) is 7.50. The van der Waals surface area contributed by atoms with Gasteiger partial charge >= 0.3 is 6.18 Å². The number of guanidine groups is 1. The molecule has 0 amide bonds. The lowest BCUT2D eigenvalue weighted by Crippen LogP contribution is -2.36. The zero-order valence-electron chi connectivity index (χ0n) is 14.9. The van der Waals surface area contributed by atoms with Gasteiger partial charge in [0.25, 0.3) is 0 Å². The first-order valence-electron chi connectivity index (χ1n) is 7.96. The van der Waals surface area contributed by atoms with E-state index in [4.69, 9.17) is 0 Å². The Hall–Kier alpha value is -2.13. The molecule has 1 aromatic carbocycles. The molecule has 1 aromatic heterocycles. The monoisotopic (exact) mass is 385 g/mol. The van der Waals surface area contributed by atoms with Crippen LogP contribution in [0.2, 0.25) is 0 Å². The highest BCUT2D eigenvalue weighted by molar-refractivity contribution is 7.09. The average Bonchev–Trinajstić information content (AvgIpc) is 3.04. The van der Waals surface area contributed by atoms with Gasteiger partial charge in [0.15, 0.2) is 11.7 Å². The standard InChI is InChI=1S/C17H22F3N5S/c1-21-16(23-9-15-24-14(11-26-15)17(18,19)20)22-8-12-5-4-6-13(7-12)10-25(2)3/h4-7,11H,8-10H2,1-3H3,(H2,21,22,23). The fourth-order valence-electron chi connectivity index (χ4n) is 2.29. The van der Waals surface area contributed by atoms with Crippen molar-refractivity contribution in [3.8, 4) is 0 Å². The number of benzene rings is 1. The first kappa shape index (κ1) is 20.2. The topological polar surface area (TPSA) is 52.6 Å². The second-order valence-electron chi connectivity index (χ2n) is 5.96. The Balaban J connectivity index is 1.87. The summed E-state index contributed by atoms with van der Waals surface area (Å²) in [5.41, 5.74) is 1.44. The average molecular weight is 385 g/mol. The minimum absolute atomic E-state index is 0.182. The third-order valence-corrected chi connectivity index (χ3v) is 4.27. The first-order valence-corrected chi connectivity index (χ1v) is 8.84. The molecule has 0 atom stereocenters. The molecule has 1 heterocycles. The molecule has 0 spiro atoms. The maximum atomic E-state index is 12.6. The van der Waals surface area contributed by atoms with Crippen molar-refractivity contribution in [1.29, 1.82) is 0 Å². The largest absolute Gasteiger partial charge is 0.434 e. The van der Waals surface area contributed by atoms with Crippen LogP contribution < -0.4 is 10.6 Å². The highest BCUT2D eigenvalue weighted by atomic mass is 32.1. The zero-order valence-corrected chi connectivity index (χ0v) is 15.7. The minimum Gasteiger partial charge on any atom is -0.352 e. The van der Waals surface area contributed by atoms with E-state index in [2.05, 4.69) is 37.6 Å². The Bertz CT molecular complexity index is 740. The van der Waals surface area contributed by atoms with Crippen molar-refractivity contribution in [3.63, 3.8) is 0 Å². The number of halogens is 3. The van der Waals surface area contributed by atoms with Crippen LogP contribution in [-0.2, 0) is 25.8 Å². The summed E-state index contributed by atoms with van der Waals surface area (Å²) in [6.45, 7) is 1.60. The number of aliphatic imine (C=N–C) groups is 1. The van der Waals surface area contributed by atoms with Gasteiger partial charge in [-0.2, -0.15) is 13.2 Å². The molecule has 0 aliphatic carbocycles. The molecule has 9 heteroatoms. The van der Waals surface area contributed by atoms with E-state index in [0.29, 0.717) is 17.5 Å². The summed E-state index contributed by atoms with van der Waals surface area (Å²) in [7, 11) is 5.64. The summed E-state index contributed by atoms with van der Waals surface area (Å²) in [6, 6.07) is 8.18. The van der Waals surface area contributed by atoms with Crippen LogP contribution in [0.4, 0.5) is 13.2 Å². The van der Waals surface area contributed by atoms with E-state index in [1.54, 1.807) is 7.05 Å². The molecule has 142 valence electrons. The number of nitrogens with one attached hydrogen (secondary N) is 2. The van der Waals surface area contributed by atoms with Crippen molar-refractivity contribution in [3.05, 3.63) is 51.5 Å². The third-order valence-electron chi connectivity index (χ3n) is 3.42. The molecule has 2 rings (SSSR count). The van der Waals surface area contributed by atoms with Crippen LogP contribution in [0.1, 0.15) is 21.8 Å². The molecule has 0 saturated carbocycles. The van der Waals surface area contributed by atoms with E-state index in [0.717, 1.165) is 28.8 Å². The molecule has 0 radical (unpaired) electrons. The van der Waals surface area contributed by atoms with Gasteiger partial charge in [0.1, 0.15) is 5.01 Å². The first-order chi connectivity index (χ1) is 12.3. The smallest absolute Gasteiger partial charge is 0.352 e. The zero-order chi connectivity index (χ0) is 19.2. The van der Waals surface area contributed by atoms with Crippen molar-refractivity contribution in [2.75, 3.05) is 21.1 Å². The van der Waals surface area contributed by atoms with Crippen LogP contribution in [0.5, 0.6) is 0 Å². The number of thiazole rings is 1. The lowest BCUT2D eigenvalue weighted by molar-refractivity contribution is -0.140. The van der Waals surface area contributed by atoms with E-state index < -0.39 is 11.9 Å². The van der Waals surface area contributed by atoms with Gasteiger partial charge in [0, 0.05) is 25.5 Å². The van der Waals surface area contributed by atoms with Gasteiger partial charge in [-0.15, -0.1) is 11.3 Å². The number of hydrogen-bond donors (Lipinski definition) is 2. The molecular weight excluding hydrogens is 363 g/mol. The third kappa shape index (κ3) is 6.30. The number of aromatic nitrogens is 1. The lowest BCUT2D eigenvalue weighted by Gasteiger charge is -2.13. The van der Waals surface area contributed by atoms with E-state index in [-0.39, 0.29) is 6.54 Å². The molecule has 2 N–H and O–H groups in total. The Morgan fingerprint density at radius 1 is 1.19 bits per heavy atom. The fraction of sp³-hybridized carbons (Fsp3) is 0.412. The van der Waals surface area contributed by atoms with Crippen molar-refractivity contribution in [2.24, 2.45) is 4.99 Å². The van der Waals surface area contributed by atoms with Crippen LogP contribution in [0.15, 0.2) is 34.6 Å². The Labute approximate surface area is 155 Å². The van der Waals surface area contributed by atoms with Gasteiger partial charge in [-0.3, -0.25) is 4.99 Å². The highest BCUT2D eigenvalue weighted by Crippen LogP contribution is 2.29. The van der Waals surface area contributed by atoms with E-state index in [1.165, 1.54) is 5.56 Å². The highest BCUT2D eigenvalue weighted by Gasteiger charge is 2.33. The Morgan fingerprint density at radius 2 is 1.88 bits per heavy atom. The molecule has 5 nitrogen and oxygen atoms in total. The van der Waals surface area contributed by atoms with Gasteiger partial charge in [-0.1, -0.05) is 24.3 Å². The lowest BCUT2D eigenvalue weighted by atomic mass is 10.1. The Morgan fingerprint density at radius 3 is 2.50 bits per heavy atom. The van der Waals surface area contributed by atoms with Crippen LogP contribution >= 0.6 is 11.3 Å². The van der Waals surface area contributed by atoms with E-state index >= 15 is 0 Å². The number of nitrogens with zero attached hydrogens (tertiary/aromatic N) is 3. The summed E-state index contributed by atoms with van der Waals surface area (Å²) in [5.74, 6) is 0.506. The SMILES string of the molecule is CN=C(NCc1cccc(CN(C)C)c1)NCc1nc(C(F)(F)F)cs1. The summed E-state index contributed by atoms with van der Waals surface area (Å²) >= 11 is 0.970. The molecule has 0 bridgehead atoms. The van der Waals surface area contributed by atoms with Gasteiger partial charge in [0.05, 0.1) is 6.54 Å². The fourth-order valence-corrected chi connectivity index (χ4v) is 3.03. The molecule has 0 aliphatic rings. The van der Waals surface area contributed by atoms with Crippen molar-refractivity contribution < 1.29 is 13.2 Å². The summed E-state index contributed by atoms with van der Waals surface area (Å²) in [4.78, 5) is 9.77. The maximum absolute atomic E-state index is 12.6. The van der Waals surface area contributed by atoms with Crippen LogP contribution in [0.25, 0.3) is 0 Å². The normalized spacial score (nSPS) is 12.5. The molecule has 2 aromatic rings. The van der Waals surface area contributed by atoms with E-state index in [1.807, 2.05) is 26.2 Å².